The van der Waals surface area contributed by atoms with Gasteiger partial charge in [-0.3, -0.25) is 9.78 Å². The van der Waals surface area contributed by atoms with Gasteiger partial charge in [-0.25, -0.2) is 0 Å². The van der Waals surface area contributed by atoms with E-state index < -0.39 is 0 Å². The van der Waals surface area contributed by atoms with Crippen LogP contribution in [0.4, 0.5) is 0 Å². The molecule has 0 radical (unpaired) electrons. The van der Waals surface area contributed by atoms with Crippen LogP contribution >= 0.6 is 11.3 Å². The fourth-order valence-corrected chi connectivity index (χ4v) is 3.53. The Kier molecular flexibility index (Phi) is 3.83. The van der Waals surface area contributed by atoms with Crippen molar-refractivity contribution in [2.24, 2.45) is 0 Å². The molecular weight excluding hydrogens is 304 g/mol. The molecule has 0 spiro atoms. The van der Waals surface area contributed by atoms with E-state index in [2.05, 4.69) is 16.8 Å². The molecule has 116 valence electrons. The topological polar surface area (TPSA) is 42.0 Å². The maximum Gasteiger partial charge on any atom is 0.252 e. The van der Waals surface area contributed by atoms with Crippen LogP contribution in [0, 0.1) is 0 Å². The second kappa shape index (κ2) is 6.13. The van der Waals surface area contributed by atoms with Gasteiger partial charge in [-0.05, 0) is 42.8 Å². The predicted octanol–water partition coefficient (Wildman–Crippen LogP) is 4.15. The third kappa shape index (κ3) is 3.13. The summed E-state index contributed by atoms with van der Waals surface area (Å²) in [5, 5.41) is 6.06. The van der Waals surface area contributed by atoms with Crippen molar-refractivity contribution in [1.82, 2.24) is 10.3 Å². The summed E-state index contributed by atoms with van der Waals surface area (Å²) >= 11 is 1.73. The van der Waals surface area contributed by atoms with Crippen LogP contribution < -0.4 is 5.32 Å². The molecule has 1 aromatic carbocycles. The van der Waals surface area contributed by atoms with Gasteiger partial charge in [-0.2, -0.15) is 0 Å². The summed E-state index contributed by atoms with van der Waals surface area (Å²) in [4.78, 5) is 18.7. The van der Waals surface area contributed by atoms with Gasteiger partial charge in [0.25, 0.3) is 5.91 Å². The molecule has 1 saturated carbocycles. The van der Waals surface area contributed by atoms with Crippen molar-refractivity contribution >= 4 is 28.1 Å². The Balaban J connectivity index is 1.57. The molecule has 3 aromatic rings. The van der Waals surface area contributed by atoms with Gasteiger partial charge in [0.05, 0.1) is 11.1 Å². The monoisotopic (exact) mass is 322 g/mol. The summed E-state index contributed by atoms with van der Waals surface area (Å²) in [6, 6.07) is 14.0. The number of aromatic nitrogens is 1. The number of benzene rings is 1. The number of nitrogens with zero attached hydrogens (tertiary/aromatic N) is 1. The number of hydrogen-bond acceptors (Lipinski definition) is 3. The molecule has 0 saturated heterocycles. The Morgan fingerprint density at radius 3 is 2.87 bits per heavy atom. The molecule has 1 amide bonds. The Hall–Kier alpha value is -2.20. The van der Waals surface area contributed by atoms with Gasteiger partial charge in [0.2, 0.25) is 0 Å². The molecule has 3 nitrogen and oxygen atoms in total. The van der Waals surface area contributed by atoms with Crippen molar-refractivity contribution in [2.75, 3.05) is 6.54 Å². The largest absolute Gasteiger partial charge is 0.352 e. The number of carbonyl (C=O) groups excluding carboxylic acids is 1. The van der Waals surface area contributed by atoms with Crippen LogP contribution in [0.15, 0.2) is 47.8 Å². The van der Waals surface area contributed by atoms with Gasteiger partial charge in [0, 0.05) is 28.4 Å². The molecule has 0 aliphatic heterocycles. The number of nitrogens with one attached hydrogen (secondary N) is 1. The van der Waals surface area contributed by atoms with Gasteiger partial charge >= 0.3 is 0 Å². The Bertz CT molecular complexity index is 838. The van der Waals surface area contributed by atoms with Crippen LogP contribution in [-0.4, -0.2) is 17.4 Å². The number of hydrogen-bond donors (Lipinski definition) is 1. The quantitative estimate of drug-likeness (QED) is 0.767. The minimum Gasteiger partial charge on any atom is -0.352 e. The van der Waals surface area contributed by atoms with Crippen LogP contribution in [0.2, 0.25) is 0 Å². The average molecular weight is 322 g/mol. The fourth-order valence-electron chi connectivity index (χ4n) is 2.82. The second-order valence-electron chi connectivity index (χ2n) is 5.97. The van der Waals surface area contributed by atoms with E-state index >= 15 is 0 Å². The average Bonchev–Trinajstić information content (AvgIpc) is 3.31. The smallest absolute Gasteiger partial charge is 0.252 e. The SMILES string of the molecule is O=C(NCCc1cccs1)c1cc(C2CC2)nc2ccccc12. The lowest BCUT2D eigenvalue weighted by Gasteiger charge is -2.10. The van der Waals surface area contributed by atoms with Gasteiger partial charge in [0.15, 0.2) is 0 Å². The molecule has 4 rings (SSSR count). The zero-order valence-corrected chi connectivity index (χ0v) is 13.6. The molecule has 1 aliphatic carbocycles. The number of amides is 1. The Labute approximate surface area is 139 Å². The third-order valence-corrected chi connectivity index (χ3v) is 5.15. The van der Waals surface area contributed by atoms with E-state index in [1.807, 2.05) is 36.4 Å². The molecule has 4 heteroatoms. The van der Waals surface area contributed by atoms with E-state index in [4.69, 9.17) is 4.98 Å². The van der Waals surface area contributed by atoms with E-state index in [-0.39, 0.29) is 5.91 Å². The summed E-state index contributed by atoms with van der Waals surface area (Å²) < 4.78 is 0. The number of para-hydroxylation sites is 1. The van der Waals surface area contributed by atoms with Crippen molar-refractivity contribution in [1.29, 1.82) is 0 Å². The van der Waals surface area contributed by atoms with Crippen molar-refractivity contribution in [3.05, 3.63) is 64.0 Å². The first kappa shape index (κ1) is 14.4. The summed E-state index contributed by atoms with van der Waals surface area (Å²) in [6.45, 7) is 0.661. The fraction of sp³-hybridized carbons (Fsp3) is 0.263. The highest BCUT2D eigenvalue weighted by molar-refractivity contribution is 7.09. The first-order chi connectivity index (χ1) is 11.3. The minimum atomic E-state index is 0.00190. The maximum atomic E-state index is 12.6. The highest BCUT2D eigenvalue weighted by atomic mass is 32.1. The highest BCUT2D eigenvalue weighted by Crippen LogP contribution is 2.40. The Morgan fingerprint density at radius 1 is 1.22 bits per heavy atom. The van der Waals surface area contributed by atoms with Gasteiger partial charge < -0.3 is 5.32 Å². The summed E-state index contributed by atoms with van der Waals surface area (Å²) in [7, 11) is 0. The Morgan fingerprint density at radius 2 is 2.09 bits per heavy atom. The molecule has 1 aliphatic rings. The van der Waals surface area contributed by atoms with Gasteiger partial charge in [-0.1, -0.05) is 24.3 Å². The number of carbonyl (C=O) groups is 1. The molecule has 0 unspecified atom stereocenters. The van der Waals surface area contributed by atoms with Crippen molar-refractivity contribution in [2.45, 2.75) is 25.2 Å². The maximum absolute atomic E-state index is 12.6. The first-order valence-electron chi connectivity index (χ1n) is 8.01. The molecule has 0 atom stereocenters. The molecule has 2 heterocycles. The summed E-state index contributed by atoms with van der Waals surface area (Å²) in [6.07, 6.45) is 3.25. The summed E-state index contributed by atoms with van der Waals surface area (Å²) in [5.74, 6) is 0.541. The molecule has 23 heavy (non-hydrogen) atoms. The standard InChI is InChI=1S/C19H18N2OS/c22-19(20-10-9-14-4-3-11-23-14)16-12-18(13-7-8-13)21-17-6-2-1-5-15(16)17/h1-6,11-13H,7-10H2,(H,20,22). The molecule has 2 aromatic heterocycles. The van der Waals surface area contributed by atoms with Gasteiger partial charge in [-0.15, -0.1) is 11.3 Å². The summed E-state index contributed by atoms with van der Waals surface area (Å²) in [5.41, 5.74) is 2.73. The van der Waals surface area contributed by atoms with Crippen molar-refractivity contribution in [3.63, 3.8) is 0 Å². The zero-order chi connectivity index (χ0) is 15.6. The third-order valence-electron chi connectivity index (χ3n) is 4.21. The molecular formula is C19H18N2OS. The van der Waals surface area contributed by atoms with E-state index in [1.165, 1.54) is 17.7 Å². The lowest BCUT2D eigenvalue weighted by molar-refractivity contribution is 0.0955. The van der Waals surface area contributed by atoms with E-state index in [9.17, 15) is 4.79 Å². The normalized spacial score (nSPS) is 14.1. The lowest BCUT2D eigenvalue weighted by atomic mass is 10.1. The van der Waals surface area contributed by atoms with E-state index in [1.54, 1.807) is 11.3 Å². The molecule has 1 N–H and O–H groups in total. The van der Waals surface area contributed by atoms with Crippen LogP contribution in [0.3, 0.4) is 0 Å². The van der Waals surface area contributed by atoms with Crippen LogP contribution in [0.25, 0.3) is 10.9 Å². The number of thiophene rings is 1. The van der Waals surface area contributed by atoms with Crippen LogP contribution in [-0.2, 0) is 6.42 Å². The zero-order valence-electron chi connectivity index (χ0n) is 12.8. The van der Waals surface area contributed by atoms with Crippen LogP contribution in [0.5, 0.6) is 0 Å². The lowest BCUT2D eigenvalue weighted by Crippen LogP contribution is -2.26. The predicted molar refractivity (Wildman–Crippen MR) is 94.1 cm³/mol. The van der Waals surface area contributed by atoms with E-state index in [0.29, 0.717) is 12.5 Å². The van der Waals surface area contributed by atoms with Gasteiger partial charge in [0.1, 0.15) is 0 Å². The van der Waals surface area contributed by atoms with E-state index in [0.717, 1.165) is 28.6 Å². The minimum absolute atomic E-state index is 0.00190. The second-order valence-corrected chi connectivity index (χ2v) is 7.00. The molecule has 1 fully saturated rings. The highest BCUT2D eigenvalue weighted by Gasteiger charge is 2.26. The first-order valence-corrected chi connectivity index (χ1v) is 8.89. The van der Waals surface area contributed by atoms with Crippen LogP contribution in [0.1, 0.15) is 39.7 Å². The number of pyridine rings is 1. The van der Waals surface area contributed by atoms with Crippen molar-refractivity contribution < 1.29 is 4.79 Å². The number of rotatable bonds is 5. The number of fused-ring (bicyclic) bond motifs is 1. The molecule has 0 bridgehead atoms. The van der Waals surface area contributed by atoms with Crippen molar-refractivity contribution in [3.8, 4) is 0 Å².